The summed E-state index contributed by atoms with van der Waals surface area (Å²) >= 11 is 1.56. The molecule has 6 nitrogen and oxygen atoms in total. The van der Waals surface area contributed by atoms with Gasteiger partial charge in [0.1, 0.15) is 10.8 Å². The van der Waals surface area contributed by atoms with Gasteiger partial charge in [-0.15, -0.1) is 11.3 Å². The molecule has 1 atom stereocenters. The molecular formula is C12H16N4O2S. The zero-order chi connectivity index (χ0) is 13.8. The molecule has 2 aromatic heterocycles. The standard InChI is InChI=1S/C12H16N4O2S/c1-3-8(11-14-5-6-19-11)16-7-15-9(10(16)13)12(17)18-4-2/h5-8H,3-4,13H2,1-2H3. The lowest BCUT2D eigenvalue weighted by Crippen LogP contribution is -2.14. The quantitative estimate of drug-likeness (QED) is 0.848. The van der Waals surface area contributed by atoms with Crippen molar-refractivity contribution in [3.05, 3.63) is 28.6 Å². The average molecular weight is 280 g/mol. The molecule has 0 radical (unpaired) electrons. The van der Waals surface area contributed by atoms with Gasteiger partial charge in [-0.2, -0.15) is 0 Å². The molecule has 0 aliphatic rings. The molecule has 0 saturated heterocycles. The Morgan fingerprint density at radius 3 is 2.89 bits per heavy atom. The first-order valence-electron chi connectivity index (χ1n) is 6.07. The van der Waals surface area contributed by atoms with E-state index < -0.39 is 5.97 Å². The minimum atomic E-state index is -0.493. The number of ether oxygens (including phenoxy) is 1. The Bertz CT molecular complexity index is 550. The Labute approximate surface area is 115 Å². The van der Waals surface area contributed by atoms with Gasteiger partial charge in [-0.1, -0.05) is 6.92 Å². The van der Waals surface area contributed by atoms with Crippen LogP contribution < -0.4 is 5.73 Å². The van der Waals surface area contributed by atoms with Crippen LogP contribution in [0.25, 0.3) is 0 Å². The number of aromatic nitrogens is 3. The highest BCUT2D eigenvalue weighted by Crippen LogP contribution is 2.27. The maximum atomic E-state index is 11.7. The van der Waals surface area contributed by atoms with Gasteiger partial charge in [0.15, 0.2) is 5.69 Å². The van der Waals surface area contributed by atoms with Crippen molar-refractivity contribution in [2.24, 2.45) is 0 Å². The Morgan fingerprint density at radius 2 is 2.32 bits per heavy atom. The van der Waals surface area contributed by atoms with E-state index in [0.717, 1.165) is 11.4 Å². The molecule has 2 N–H and O–H groups in total. The topological polar surface area (TPSA) is 83.0 Å². The van der Waals surface area contributed by atoms with Crippen LogP contribution in [0, 0.1) is 0 Å². The smallest absolute Gasteiger partial charge is 0.360 e. The van der Waals surface area contributed by atoms with Crippen LogP contribution >= 0.6 is 11.3 Å². The highest BCUT2D eigenvalue weighted by molar-refractivity contribution is 7.09. The van der Waals surface area contributed by atoms with Crippen LogP contribution in [-0.4, -0.2) is 27.1 Å². The molecular weight excluding hydrogens is 264 g/mol. The molecule has 0 spiro atoms. The third kappa shape index (κ3) is 2.60. The van der Waals surface area contributed by atoms with E-state index in [1.54, 1.807) is 35.4 Å². The SMILES string of the molecule is CCOC(=O)c1ncn(C(CC)c2nccs2)c1N. The molecule has 0 fully saturated rings. The molecule has 0 aromatic carbocycles. The largest absolute Gasteiger partial charge is 0.461 e. The van der Waals surface area contributed by atoms with E-state index in [2.05, 4.69) is 9.97 Å². The monoisotopic (exact) mass is 280 g/mol. The van der Waals surface area contributed by atoms with E-state index in [4.69, 9.17) is 10.5 Å². The van der Waals surface area contributed by atoms with Crippen molar-refractivity contribution >= 4 is 23.1 Å². The molecule has 0 saturated carbocycles. The Morgan fingerprint density at radius 1 is 1.53 bits per heavy atom. The number of hydrogen-bond donors (Lipinski definition) is 1. The second-order valence-corrected chi connectivity index (χ2v) is 4.83. The van der Waals surface area contributed by atoms with Crippen molar-refractivity contribution in [2.45, 2.75) is 26.3 Å². The maximum absolute atomic E-state index is 11.7. The van der Waals surface area contributed by atoms with Crippen molar-refractivity contribution in [3.63, 3.8) is 0 Å². The van der Waals surface area contributed by atoms with Gasteiger partial charge >= 0.3 is 5.97 Å². The lowest BCUT2D eigenvalue weighted by atomic mass is 10.2. The number of esters is 1. The zero-order valence-corrected chi connectivity index (χ0v) is 11.7. The fourth-order valence-electron chi connectivity index (χ4n) is 1.86. The van der Waals surface area contributed by atoms with Gasteiger partial charge in [0.25, 0.3) is 0 Å². The zero-order valence-electron chi connectivity index (χ0n) is 10.9. The van der Waals surface area contributed by atoms with Crippen LogP contribution in [0.4, 0.5) is 5.82 Å². The number of carbonyl (C=O) groups excluding carboxylic acids is 1. The predicted octanol–water partition coefficient (Wildman–Crippen LogP) is 2.10. The minimum absolute atomic E-state index is 0.00400. The van der Waals surface area contributed by atoms with Gasteiger partial charge in [0, 0.05) is 11.6 Å². The molecule has 19 heavy (non-hydrogen) atoms. The molecule has 2 aromatic rings. The molecule has 1 unspecified atom stereocenters. The van der Waals surface area contributed by atoms with Crippen molar-refractivity contribution in [1.29, 1.82) is 0 Å². The molecule has 0 bridgehead atoms. The van der Waals surface area contributed by atoms with Crippen LogP contribution in [-0.2, 0) is 4.74 Å². The first-order chi connectivity index (χ1) is 9.19. The molecule has 0 aliphatic heterocycles. The average Bonchev–Trinajstić information content (AvgIpc) is 3.02. The molecule has 2 heterocycles. The summed E-state index contributed by atoms with van der Waals surface area (Å²) in [5.74, 6) is -0.173. The number of rotatable bonds is 5. The van der Waals surface area contributed by atoms with Crippen molar-refractivity contribution in [3.8, 4) is 0 Å². The van der Waals surface area contributed by atoms with E-state index in [0.29, 0.717) is 12.4 Å². The number of nitrogens with zero attached hydrogens (tertiary/aromatic N) is 3. The lowest BCUT2D eigenvalue weighted by Gasteiger charge is -2.15. The molecule has 0 amide bonds. The number of imidazole rings is 1. The van der Waals surface area contributed by atoms with Gasteiger partial charge in [-0.3, -0.25) is 0 Å². The molecule has 102 valence electrons. The fourth-order valence-corrected chi connectivity index (χ4v) is 2.69. The van der Waals surface area contributed by atoms with E-state index in [9.17, 15) is 4.79 Å². The number of nitrogen functional groups attached to an aromatic ring is 1. The highest BCUT2D eigenvalue weighted by atomic mass is 32.1. The van der Waals surface area contributed by atoms with E-state index in [1.165, 1.54) is 0 Å². The summed E-state index contributed by atoms with van der Waals surface area (Å²) in [5, 5.41) is 2.86. The second kappa shape index (κ2) is 5.83. The normalized spacial score (nSPS) is 12.3. The maximum Gasteiger partial charge on any atom is 0.360 e. The fraction of sp³-hybridized carbons (Fsp3) is 0.417. The van der Waals surface area contributed by atoms with Crippen molar-refractivity contribution < 1.29 is 9.53 Å². The van der Waals surface area contributed by atoms with Gasteiger partial charge in [0.05, 0.1) is 19.0 Å². The van der Waals surface area contributed by atoms with E-state index >= 15 is 0 Å². The summed E-state index contributed by atoms with van der Waals surface area (Å²) in [6, 6.07) is -0.00400. The van der Waals surface area contributed by atoms with Crippen LogP contribution in [0.3, 0.4) is 0 Å². The van der Waals surface area contributed by atoms with Crippen LogP contribution in [0.2, 0.25) is 0 Å². The highest BCUT2D eigenvalue weighted by Gasteiger charge is 2.22. The van der Waals surface area contributed by atoms with Crippen LogP contribution in [0.1, 0.15) is 41.8 Å². The summed E-state index contributed by atoms with van der Waals surface area (Å²) < 4.78 is 6.69. The summed E-state index contributed by atoms with van der Waals surface area (Å²) in [6.45, 7) is 4.08. The van der Waals surface area contributed by atoms with Gasteiger partial charge in [-0.25, -0.2) is 14.8 Å². The number of nitrogens with two attached hydrogens (primary N) is 1. The first-order valence-corrected chi connectivity index (χ1v) is 6.95. The third-order valence-electron chi connectivity index (χ3n) is 2.76. The molecule has 0 aliphatic carbocycles. The summed E-state index contributed by atoms with van der Waals surface area (Å²) in [4.78, 5) is 20.0. The van der Waals surface area contributed by atoms with Crippen molar-refractivity contribution in [2.75, 3.05) is 12.3 Å². The van der Waals surface area contributed by atoms with E-state index in [-0.39, 0.29) is 11.7 Å². The number of carbonyl (C=O) groups is 1. The van der Waals surface area contributed by atoms with Gasteiger partial charge < -0.3 is 15.0 Å². The second-order valence-electron chi connectivity index (χ2n) is 3.90. The van der Waals surface area contributed by atoms with Gasteiger partial charge in [0.2, 0.25) is 0 Å². The van der Waals surface area contributed by atoms with Crippen molar-refractivity contribution in [1.82, 2.24) is 14.5 Å². The van der Waals surface area contributed by atoms with Crippen LogP contribution in [0.15, 0.2) is 17.9 Å². The third-order valence-corrected chi connectivity index (χ3v) is 3.64. The Kier molecular flexibility index (Phi) is 4.16. The first kappa shape index (κ1) is 13.5. The van der Waals surface area contributed by atoms with E-state index in [1.807, 2.05) is 12.3 Å². The Hall–Kier alpha value is -1.89. The summed E-state index contributed by atoms with van der Waals surface area (Å²) in [7, 11) is 0. The summed E-state index contributed by atoms with van der Waals surface area (Å²) in [6.07, 6.45) is 4.13. The van der Waals surface area contributed by atoms with Crippen LogP contribution in [0.5, 0.6) is 0 Å². The predicted molar refractivity (Wildman–Crippen MR) is 73.1 cm³/mol. The number of anilines is 1. The Balaban J connectivity index is 2.33. The summed E-state index contributed by atoms with van der Waals surface area (Å²) in [5.41, 5.74) is 6.16. The number of thiazole rings is 1. The van der Waals surface area contributed by atoms with Gasteiger partial charge in [-0.05, 0) is 13.3 Å². The molecule has 2 rings (SSSR count). The molecule has 7 heteroatoms. The minimum Gasteiger partial charge on any atom is -0.461 e. The lowest BCUT2D eigenvalue weighted by molar-refractivity contribution is 0.0521. The number of hydrogen-bond acceptors (Lipinski definition) is 6.